The molecule has 1 saturated heterocycles. The molecule has 2 heterocycles. The van der Waals surface area contributed by atoms with Gasteiger partial charge in [-0.3, -0.25) is 20.0 Å². The summed E-state index contributed by atoms with van der Waals surface area (Å²) < 4.78 is 19.7. The number of rotatable bonds is 8. The van der Waals surface area contributed by atoms with Crippen LogP contribution in [0, 0.1) is 17.3 Å². The van der Waals surface area contributed by atoms with E-state index in [0.29, 0.717) is 18.8 Å². The van der Waals surface area contributed by atoms with Crippen molar-refractivity contribution in [3.63, 3.8) is 0 Å². The SMILES string of the molecule is CC(C)CN1C(=N)/C(=C(\NCc2ccc(-c3cccc(F)n3)cc2)OC2CCCC2)C(=O)N(C)C1=O. The number of urea groups is 1. The number of carbonyl (C=O) groups is 2. The summed E-state index contributed by atoms with van der Waals surface area (Å²) in [5, 5.41) is 11.9. The van der Waals surface area contributed by atoms with Crippen LogP contribution in [0.3, 0.4) is 0 Å². The van der Waals surface area contributed by atoms with Crippen molar-refractivity contribution in [3.8, 4) is 11.3 Å². The Balaban J connectivity index is 1.60. The van der Waals surface area contributed by atoms with E-state index in [1.807, 2.05) is 38.1 Å². The molecule has 2 fully saturated rings. The van der Waals surface area contributed by atoms with Gasteiger partial charge in [0.1, 0.15) is 17.5 Å². The number of pyridine rings is 1. The molecule has 1 aromatic heterocycles. The summed E-state index contributed by atoms with van der Waals surface area (Å²) in [6.07, 6.45) is 3.79. The van der Waals surface area contributed by atoms with Gasteiger partial charge in [0, 0.05) is 25.7 Å². The molecule has 36 heavy (non-hydrogen) atoms. The Morgan fingerprint density at radius 3 is 2.50 bits per heavy atom. The third-order valence-electron chi connectivity index (χ3n) is 6.32. The summed E-state index contributed by atoms with van der Waals surface area (Å²) in [4.78, 5) is 32.2. The van der Waals surface area contributed by atoms with Gasteiger partial charge in [-0.15, -0.1) is 0 Å². The van der Waals surface area contributed by atoms with Gasteiger partial charge in [-0.25, -0.2) is 9.78 Å². The van der Waals surface area contributed by atoms with Crippen molar-refractivity contribution in [2.45, 2.75) is 52.2 Å². The number of amidine groups is 1. The van der Waals surface area contributed by atoms with Crippen molar-refractivity contribution >= 4 is 17.8 Å². The maximum atomic E-state index is 13.5. The lowest BCUT2D eigenvalue weighted by atomic mass is 10.1. The highest BCUT2D eigenvalue weighted by Crippen LogP contribution is 2.27. The lowest BCUT2D eigenvalue weighted by molar-refractivity contribution is -0.124. The molecule has 190 valence electrons. The van der Waals surface area contributed by atoms with E-state index in [-0.39, 0.29) is 29.3 Å². The molecule has 0 unspecified atom stereocenters. The zero-order valence-corrected chi connectivity index (χ0v) is 20.9. The van der Waals surface area contributed by atoms with Crippen LogP contribution in [0.1, 0.15) is 45.1 Å². The van der Waals surface area contributed by atoms with Gasteiger partial charge >= 0.3 is 6.03 Å². The van der Waals surface area contributed by atoms with Crippen LogP contribution in [0.4, 0.5) is 9.18 Å². The molecule has 0 radical (unpaired) electrons. The average molecular weight is 494 g/mol. The fourth-order valence-electron chi connectivity index (χ4n) is 4.41. The third-order valence-corrected chi connectivity index (χ3v) is 6.32. The number of aromatic nitrogens is 1. The Labute approximate surface area is 210 Å². The first-order valence-electron chi connectivity index (χ1n) is 12.3. The number of imide groups is 1. The number of ether oxygens (including phenoxy) is 1. The second-order valence-electron chi connectivity index (χ2n) is 9.62. The Bertz CT molecular complexity index is 1170. The summed E-state index contributed by atoms with van der Waals surface area (Å²) in [6.45, 7) is 4.57. The van der Waals surface area contributed by atoms with Crippen molar-refractivity contribution in [2.75, 3.05) is 13.6 Å². The molecular weight excluding hydrogens is 461 g/mol. The lowest BCUT2D eigenvalue weighted by Gasteiger charge is -2.35. The molecule has 8 nitrogen and oxygen atoms in total. The minimum atomic E-state index is -0.557. The first-order valence-corrected chi connectivity index (χ1v) is 12.3. The predicted octanol–water partition coefficient (Wildman–Crippen LogP) is 4.68. The normalized spacial score (nSPS) is 18.3. The number of amides is 3. The van der Waals surface area contributed by atoms with E-state index in [1.54, 1.807) is 12.1 Å². The fraction of sp³-hybridized carbons (Fsp3) is 0.407. The summed E-state index contributed by atoms with van der Waals surface area (Å²) in [5.74, 6) is -0.896. The van der Waals surface area contributed by atoms with Gasteiger partial charge < -0.3 is 10.1 Å². The Morgan fingerprint density at radius 1 is 1.17 bits per heavy atom. The van der Waals surface area contributed by atoms with Crippen molar-refractivity contribution in [3.05, 3.63) is 65.4 Å². The number of nitrogens with one attached hydrogen (secondary N) is 2. The Hall–Kier alpha value is -3.75. The zero-order valence-electron chi connectivity index (χ0n) is 20.9. The van der Waals surface area contributed by atoms with Crippen LogP contribution in [0.2, 0.25) is 0 Å². The van der Waals surface area contributed by atoms with E-state index < -0.39 is 17.9 Å². The number of halogens is 1. The molecule has 0 spiro atoms. The molecule has 0 atom stereocenters. The van der Waals surface area contributed by atoms with Gasteiger partial charge in [-0.05, 0) is 49.3 Å². The molecule has 2 aliphatic rings. The first kappa shape index (κ1) is 25.3. The van der Waals surface area contributed by atoms with Gasteiger partial charge in [-0.2, -0.15) is 4.39 Å². The zero-order chi connectivity index (χ0) is 25.8. The summed E-state index contributed by atoms with van der Waals surface area (Å²) in [5.41, 5.74) is 2.29. The number of nitrogens with zero attached hydrogens (tertiary/aromatic N) is 3. The van der Waals surface area contributed by atoms with E-state index in [2.05, 4.69) is 10.3 Å². The topological polar surface area (TPSA) is 98.6 Å². The number of benzene rings is 1. The first-order chi connectivity index (χ1) is 17.2. The third kappa shape index (κ3) is 5.56. The average Bonchev–Trinajstić information content (AvgIpc) is 3.37. The monoisotopic (exact) mass is 493 g/mol. The van der Waals surface area contributed by atoms with Crippen molar-refractivity contribution < 1.29 is 18.7 Å². The molecule has 9 heteroatoms. The van der Waals surface area contributed by atoms with Gasteiger partial charge in [0.25, 0.3) is 5.91 Å². The predicted molar refractivity (Wildman–Crippen MR) is 134 cm³/mol. The van der Waals surface area contributed by atoms with Crippen molar-refractivity contribution in [1.29, 1.82) is 5.41 Å². The molecule has 1 saturated carbocycles. The van der Waals surface area contributed by atoms with Crippen LogP contribution in [0.5, 0.6) is 0 Å². The van der Waals surface area contributed by atoms with Crippen LogP contribution in [-0.2, 0) is 16.1 Å². The maximum Gasteiger partial charge on any atom is 0.332 e. The Kier molecular flexibility index (Phi) is 7.67. The molecule has 1 aliphatic heterocycles. The molecule has 4 rings (SSSR count). The highest BCUT2D eigenvalue weighted by Gasteiger charge is 2.41. The molecule has 1 aliphatic carbocycles. The smallest absolute Gasteiger partial charge is 0.332 e. The minimum absolute atomic E-state index is 0.0523. The summed E-state index contributed by atoms with van der Waals surface area (Å²) >= 11 is 0. The number of likely N-dealkylation sites (N-methyl/N-ethyl adjacent to an activating group) is 1. The van der Waals surface area contributed by atoms with Crippen LogP contribution in [0.15, 0.2) is 53.9 Å². The quantitative estimate of drug-likeness (QED) is 0.316. The second-order valence-corrected chi connectivity index (χ2v) is 9.62. The Morgan fingerprint density at radius 2 is 1.86 bits per heavy atom. The lowest BCUT2D eigenvalue weighted by Crippen LogP contribution is -2.56. The maximum absolute atomic E-state index is 13.5. The molecule has 2 aromatic rings. The van der Waals surface area contributed by atoms with Crippen molar-refractivity contribution in [1.82, 2.24) is 20.1 Å². The van der Waals surface area contributed by atoms with Crippen LogP contribution >= 0.6 is 0 Å². The van der Waals surface area contributed by atoms with Crippen LogP contribution < -0.4 is 5.32 Å². The number of hydrogen-bond acceptors (Lipinski definition) is 6. The van der Waals surface area contributed by atoms with E-state index in [4.69, 9.17) is 10.1 Å². The number of carbonyl (C=O) groups excluding carboxylic acids is 2. The second kappa shape index (κ2) is 10.9. The van der Waals surface area contributed by atoms with Gasteiger partial charge in [0.15, 0.2) is 0 Å². The van der Waals surface area contributed by atoms with Gasteiger partial charge in [0.2, 0.25) is 11.8 Å². The standard InChI is InChI=1S/C27H32FN5O3/c1-17(2)16-33-24(29)23(26(34)32(3)27(33)35)25(36-20-7-4-5-8-20)30-15-18-11-13-19(14-12-18)21-9-6-10-22(28)31-21/h6,9-14,17,20,29-30H,4-5,7-8,15-16H2,1-3H3/b25-23-,29-24?. The van der Waals surface area contributed by atoms with E-state index >= 15 is 0 Å². The van der Waals surface area contributed by atoms with Gasteiger partial charge in [-0.1, -0.05) is 44.2 Å². The highest BCUT2D eigenvalue weighted by atomic mass is 19.1. The summed E-state index contributed by atoms with van der Waals surface area (Å²) in [7, 11) is 1.43. The van der Waals surface area contributed by atoms with Crippen LogP contribution in [-0.4, -0.2) is 52.3 Å². The number of hydrogen-bond donors (Lipinski definition) is 2. The fourth-order valence-corrected chi connectivity index (χ4v) is 4.41. The summed E-state index contributed by atoms with van der Waals surface area (Å²) in [6, 6.07) is 11.6. The van der Waals surface area contributed by atoms with Gasteiger partial charge in [0.05, 0.1) is 5.69 Å². The van der Waals surface area contributed by atoms with E-state index in [0.717, 1.165) is 41.7 Å². The van der Waals surface area contributed by atoms with E-state index in [1.165, 1.54) is 18.0 Å². The largest absolute Gasteiger partial charge is 0.475 e. The molecule has 2 N–H and O–H groups in total. The minimum Gasteiger partial charge on any atom is -0.475 e. The van der Waals surface area contributed by atoms with E-state index in [9.17, 15) is 14.0 Å². The van der Waals surface area contributed by atoms with Crippen molar-refractivity contribution in [2.24, 2.45) is 5.92 Å². The molecule has 1 aromatic carbocycles. The molecular formula is C27H32FN5O3. The molecule has 0 bridgehead atoms. The highest BCUT2D eigenvalue weighted by molar-refractivity contribution is 6.29. The van der Waals surface area contributed by atoms with Crippen LogP contribution in [0.25, 0.3) is 11.3 Å². The molecule has 3 amide bonds.